The molecule has 0 aliphatic carbocycles. The number of halogens is 3. The summed E-state index contributed by atoms with van der Waals surface area (Å²) in [4.78, 5) is 0. The Kier molecular flexibility index (Phi) is 5.73. The lowest BCUT2D eigenvalue weighted by Crippen LogP contribution is -2.19. The van der Waals surface area contributed by atoms with Crippen LogP contribution in [0.15, 0.2) is 24.3 Å². The van der Waals surface area contributed by atoms with Crippen molar-refractivity contribution in [2.24, 2.45) is 0 Å². The van der Waals surface area contributed by atoms with Gasteiger partial charge < -0.3 is 9.30 Å². The molecule has 0 unspecified atom stereocenters. The number of methoxy groups -OCH3 is 1. The van der Waals surface area contributed by atoms with Crippen LogP contribution in [0.25, 0.3) is 10.9 Å². The Hall–Kier alpha value is -0.690. The normalized spacial score (nSPS) is 11.3. The molecule has 0 radical (unpaired) electrons. The molecule has 0 bridgehead atoms. The van der Waals surface area contributed by atoms with Crippen molar-refractivity contribution >= 4 is 33.5 Å². The fraction of sp³-hybridized carbons (Fsp3) is 0.429. The molecule has 0 aliphatic heterocycles. The van der Waals surface area contributed by atoms with Crippen LogP contribution in [0.3, 0.4) is 0 Å². The minimum absolute atomic E-state index is 0.266. The van der Waals surface area contributed by atoms with E-state index in [0.717, 1.165) is 27.1 Å². The van der Waals surface area contributed by atoms with Gasteiger partial charge in [-0.2, -0.15) is 0 Å². The molecule has 0 saturated heterocycles. The molecule has 0 aliphatic rings. The predicted octanol–water partition coefficient (Wildman–Crippen LogP) is 4.47. The van der Waals surface area contributed by atoms with Crippen molar-refractivity contribution in [2.75, 3.05) is 14.2 Å². The van der Waals surface area contributed by atoms with E-state index in [-0.39, 0.29) is 6.54 Å². The van der Waals surface area contributed by atoms with E-state index >= 15 is 0 Å². The van der Waals surface area contributed by atoms with Crippen molar-refractivity contribution < 1.29 is 13.5 Å². The van der Waals surface area contributed by atoms with Crippen LogP contribution in [0.4, 0.5) is 8.78 Å². The summed E-state index contributed by atoms with van der Waals surface area (Å²) in [6, 6.07) is 7.73. The Balaban J connectivity index is 0.000000550. The maximum atomic E-state index is 13.1. The van der Waals surface area contributed by atoms with Gasteiger partial charge in [0.1, 0.15) is 0 Å². The molecular weight excluding hydrogens is 363 g/mol. The number of rotatable bonds is 2. The second-order valence-electron chi connectivity index (χ2n) is 4.54. The van der Waals surface area contributed by atoms with Gasteiger partial charge in [0.25, 0.3) is 5.92 Å². The maximum Gasteiger partial charge on any atom is 0.262 e. The monoisotopic (exact) mass is 381 g/mol. The second kappa shape index (κ2) is 6.65. The zero-order chi connectivity index (χ0) is 14.6. The fourth-order valence-corrected chi connectivity index (χ4v) is 2.58. The molecule has 19 heavy (non-hydrogen) atoms. The Morgan fingerprint density at radius 3 is 2.42 bits per heavy atom. The van der Waals surface area contributed by atoms with Crippen molar-refractivity contribution in [1.82, 2.24) is 4.57 Å². The first-order chi connectivity index (χ1) is 8.80. The van der Waals surface area contributed by atoms with Gasteiger partial charge >= 0.3 is 0 Å². The van der Waals surface area contributed by atoms with Crippen LogP contribution < -0.4 is 0 Å². The van der Waals surface area contributed by atoms with Crippen molar-refractivity contribution in [3.8, 4) is 0 Å². The summed E-state index contributed by atoms with van der Waals surface area (Å²) in [6.07, 6.45) is 0. The van der Waals surface area contributed by atoms with Crippen molar-refractivity contribution in [3.63, 3.8) is 0 Å². The van der Waals surface area contributed by atoms with Crippen molar-refractivity contribution in [1.29, 1.82) is 0 Å². The van der Waals surface area contributed by atoms with Crippen LogP contribution in [-0.2, 0) is 11.3 Å². The van der Waals surface area contributed by atoms with Gasteiger partial charge in [-0.25, -0.2) is 8.78 Å². The van der Waals surface area contributed by atoms with Crippen molar-refractivity contribution in [2.45, 2.75) is 26.3 Å². The molecule has 0 amide bonds. The summed E-state index contributed by atoms with van der Waals surface area (Å²) >= 11 is 2.10. The number of benzene rings is 1. The maximum absolute atomic E-state index is 13.1. The lowest BCUT2D eigenvalue weighted by molar-refractivity contribution is 0.00450. The van der Waals surface area contributed by atoms with Gasteiger partial charge in [-0.3, -0.25) is 0 Å². The summed E-state index contributed by atoms with van der Waals surface area (Å²) in [5, 5.41) is 1.05. The van der Waals surface area contributed by atoms with E-state index in [1.807, 2.05) is 31.2 Å². The number of hydrogen-bond donors (Lipinski definition) is 0. The third-order valence-electron chi connectivity index (χ3n) is 2.55. The smallest absolute Gasteiger partial charge is 0.262 e. The van der Waals surface area contributed by atoms with Gasteiger partial charge in [0.05, 0.1) is 10.2 Å². The molecule has 106 valence electrons. The molecule has 0 spiro atoms. The Bertz CT molecular complexity index is 546. The number of alkyl halides is 2. The molecule has 1 aromatic carbocycles. The highest BCUT2D eigenvalue weighted by Gasteiger charge is 2.24. The highest BCUT2D eigenvalue weighted by Crippen LogP contribution is 2.27. The quantitative estimate of drug-likeness (QED) is 0.701. The first kappa shape index (κ1) is 16.4. The van der Waals surface area contributed by atoms with Crippen LogP contribution in [0.2, 0.25) is 0 Å². The molecule has 2 rings (SSSR count). The van der Waals surface area contributed by atoms with E-state index in [4.69, 9.17) is 0 Å². The Morgan fingerprint density at radius 2 is 1.89 bits per heavy atom. The number of fused-ring (bicyclic) bond motifs is 1. The van der Waals surface area contributed by atoms with Crippen LogP contribution in [-0.4, -0.2) is 24.7 Å². The average molecular weight is 381 g/mol. The van der Waals surface area contributed by atoms with E-state index in [1.54, 1.807) is 18.8 Å². The van der Waals surface area contributed by atoms with Crippen LogP contribution in [0, 0.1) is 10.6 Å². The molecule has 0 saturated carbocycles. The van der Waals surface area contributed by atoms with E-state index in [9.17, 15) is 8.78 Å². The van der Waals surface area contributed by atoms with Crippen molar-refractivity contribution in [3.05, 3.63) is 33.5 Å². The summed E-state index contributed by atoms with van der Waals surface area (Å²) in [6.45, 7) is 2.68. The van der Waals surface area contributed by atoms with Gasteiger partial charge in [0, 0.05) is 32.0 Å². The number of nitrogens with zero attached hydrogens (tertiary/aromatic N) is 1. The van der Waals surface area contributed by atoms with E-state index in [0.29, 0.717) is 0 Å². The molecule has 2 aromatic rings. The summed E-state index contributed by atoms with van der Waals surface area (Å²) in [5.41, 5.74) is 2.00. The summed E-state index contributed by atoms with van der Waals surface area (Å²) in [7, 11) is 3.25. The molecule has 1 aromatic heterocycles. The van der Waals surface area contributed by atoms with E-state index in [2.05, 4.69) is 27.3 Å². The Morgan fingerprint density at radius 1 is 1.32 bits per heavy atom. The first-order valence-electron chi connectivity index (χ1n) is 5.82. The number of hydrogen-bond acceptors (Lipinski definition) is 1. The van der Waals surface area contributed by atoms with Crippen LogP contribution >= 0.6 is 22.6 Å². The highest BCUT2D eigenvalue weighted by atomic mass is 127. The van der Waals surface area contributed by atoms with Gasteiger partial charge in [0.2, 0.25) is 0 Å². The average Bonchev–Trinajstić information content (AvgIpc) is 2.57. The molecular formula is C14H18F2INO. The molecule has 0 N–H and O–H groups in total. The van der Waals surface area contributed by atoms with E-state index < -0.39 is 5.92 Å². The minimum atomic E-state index is -2.68. The third kappa shape index (κ3) is 4.42. The molecule has 0 fully saturated rings. The van der Waals surface area contributed by atoms with Gasteiger partial charge in [0.15, 0.2) is 0 Å². The predicted molar refractivity (Wildman–Crippen MR) is 82.9 cm³/mol. The van der Waals surface area contributed by atoms with E-state index in [1.165, 1.54) is 0 Å². The number of aromatic nitrogens is 1. The summed E-state index contributed by atoms with van der Waals surface area (Å²) < 4.78 is 32.9. The van der Waals surface area contributed by atoms with Crippen LogP contribution in [0.1, 0.15) is 12.5 Å². The van der Waals surface area contributed by atoms with Crippen LogP contribution in [0.5, 0.6) is 0 Å². The third-order valence-corrected chi connectivity index (χ3v) is 3.44. The molecule has 5 heteroatoms. The SMILES string of the molecule is COC.Cc1cccc2c1cc(I)n2CC(C)(F)F. The minimum Gasteiger partial charge on any atom is -0.388 e. The topological polar surface area (TPSA) is 14.2 Å². The fourth-order valence-electron chi connectivity index (χ4n) is 1.84. The molecule has 0 atom stereocenters. The zero-order valence-electron chi connectivity index (χ0n) is 11.5. The lowest BCUT2D eigenvalue weighted by atomic mass is 10.1. The number of aryl methyl sites for hydroxylation is 1. The summed E-state index contributed by atoms with van der Waals surface area (Å²) in [5.74, 6) is -2.68. The highest BCUT2D eigenvalue weighted by molar-refractivity contribution is 14.1. The van der Waals surface area contributed by atoms with Gasteiger partial charge in [-0.15, -0.1) is 0 Å². The standard InChI is InChI=1S/C12H12F2IN.C2H6O/c1-8-4-3-5-10-9(8)6-11(15)16(10)7-12(2,13)14;1-3-2/h3-6H,7H2,1-2H3;1-2H3. The second-order valence-corrected chi connectivity index (χ2v) is 5.64. The zero-order valence-corrected chi connectivity index (χ0v) is 13.7. The van der Waals surface area contributed by atoms with Gasteiger partial charge in [-0.05, 0) is 47.2 Å². The number of ether oxygens (including phenoxy) is 1. The largest absolute Gasteiger partial charge is 0.388 e. The first-order valence-corrected chi connectivity index (χ1v) is 6.90. The lowest BCUT2D eigenvalue weighted by Gasteiger charge is -2.13. The molecule has 2 nitrogen and oxygen atoms in total. The van der Waals surface area contributed by atoms with Gasteiger partial charge in [-0.1, -0.05) is 12.1 Å². The molecule has 1 heterocycles. The Labute approximate surface area is 125 Å².